The van der Waals surface area contributed by atoms with E-state index in [9.17, 15) is 14.7 Å². The van der Waals surface area contributed by atoms with Crippen molar-refractivity contribution >= 4 is 17.7 Å². The second-order valence-electron chi connectivity index (χ2n) is 9.51. The number of nitrogens with zero attached hydrogens (tertiary/aromatic N) is 2. The molecule has 4 aromatic rings. The van der Waals surface area contributed by atoms with Crippen LogP contribution in [0.5, 0.6) is 0 Å². The summed E-state index contributed by atoms with van der Waals surface area (Å²) in [4.78, 5) is 29.2. The number of anilines is 1. The predicted octanol–water partition coefficient (Wildman–Crippen LogP) is 5.14. The second-order valence-corrected chi connectivity index (χ2v) is 9.51. The quantitative estimate of drug-likeness (QED) is 0.298. The zero-order valence-electron chi connectivity index (χ0n) is 21.6. The van der Waals surface area contributed by atoms with Gasteiger partial charge in [0.1, 0.15) is 11.9 Å². The monoisotopic (exact) mass is 496 g/mol. The second kappa shape index (κ2) is 11.1. The Bertz CT molecular complexity index is 1400. The minimum Gasteiger partial charge on any atom is -0.480 e. The maximum atomic E-state index is 12.9. The van der Waals surface area contributed by atoms with Gasteiger partial charge in [0.25, 0.3) is 5.91 Å². The lowest BCUT2D eigenvalue weighted by atomic mass is 9.98. The fourth-order valence-corrected chi connectivity index (χ4v) is 4.54. The normalized spacial score (nSPS) is 11.7. The molecule has 190 valence electrons. The maximum absolute atomic E-state index is 12.9. The van der Waals surface area contributed by atoms with Gasteiger partial charge in [-0.05, 0) is 85.8 Å². The Morgan fingerprint density at radius 3 is 2.27 bits per heavy atom. The number of hydrogen-bond donors (Lipinski definition) is 3. The number of aromatic nitrogens is 2. The van der Waals surface area contributed by atoms with Crippen molar-refractivity contribution in [2.75, 3.05) is 5.32 Å². The first kappa shape index (κ1) is 25.7. The number of benzene rings is 2. The topological polar surface area (TPSA) is 96.3 Å². The van der Waals surface area contributed by atoms with E-state index in [2.05, 4.69) is 15.6 Å². The zero-order valence-corrected chi connectivity index (χ0v) is 21.6. The molecule has 3 N–H and O–H groups in total. The maximum Gasteiger partial charge on any atom is 0.326 e. The van der Waals surface area contributed by atoms with Crippen molar-refractivity contribution in [2.24, 2.45) is 0 Å². The van der Waals surface area contributed by atoms with Crippen LogP contribution < -0.4 is 10.6 Å². The molecular formula is C30H32N4O3. The number of aliphatic carboxylic acids is 1. The number of amides is 1. The van der Waals surface area contributed by atoms with Crippen LogP contribution in [0.25, 0.3) is 5.69 Å². The summed E-state index contributed by atoms with van der Waals surface area (Å²) in [5, 5.41) is 15.8. The van der Waals surface area contributed by atoms with Gasteiger partial charge in [0.05, 0.1) is 0 Å². The van der Waals surface area contributed by atoms with Crippen molar-refractivity contribution in [1.29, 1.82) is 0 Å². The molecule has 0 radical (unpaired) electrons. The predicted molar refractivity (Wildman–Crippen MR) is 145 cm³/mol. The molecule has 0 aliphatic heterocycles. The van der Waals surface area contributed by atoms with Gasteiger partial charge in [-0.25, -0.2) is 9.78 Å². The van der Waals surface area contributed by atoms with Gasteiger partial charge in [-0.1, -0.05) is 29.8 Å². The van der Waals surface area contributed by atoms with Crippen LogP contribution in [0.15, 0.2) is 73.2 Å². The van der Waals surface area contributed by atoms with E-state index in [-0.39, 0.29) is 12.3 Å². The van der Waals surface area contributed by atoms with E-state index in [0.29, 0.717) is 12.1 Å². The van der Waals surface area contributed by atoms with Crippen LogP contribution in [0.2, 0.25) is 0 Å². The van der Waals surface area contributed by atoms with Gasteiger partial charge in [-0.15, -0.1) is 0 Å². The van der Waals surface area contributed by atoms with Crippen LogP contribution in [0.1, 0.15) is 43.7 Å². The highest BCUT2D eigenvalue weighted by Gasteiger charge is 2.23. The third-order valence-corrected chi connectivity index (χ3v) is 6.33. The number of pyridine rings is 1. The molecular weight excluding hydrogens is 464 g/mol. The van der Waals surface area contributed by atoms with Crippen molar-refractivity contribution in [3.63, 3.8) is 0 Å². The molecule has 2 aromatic heterocycles. The van der Waals surface area contributed by atoms with Crippen LogP contribution in [0, 0.1) is 27.7 Å². The molecule has 1 unspecified atom stereocenters. The fourth-order valence-electron chi connectivity index (χ4n) is 4.54. The molecule has 7 nitrogen and oxygen atoms in total. The number of nitrogens with one attached hydrogen (secondary N) is 2. The molecule has 0 aliphatic rings. The lowest BCUT2D eigenvalue weighted by Crippen LogP contribution is -2.42. The van der Waals surface area contributed by atoms with Crippen molar-refractivity contribution in [1.82, 2.24) is 14.9 Å². The van der Waals surface area contributed by atoms with Crippen LogP contribution in [-0.2, 0) is 17.8 Å². The van der Waals surface area contributed by atoms with Gasteiger partial charge in [-0.2, -0.15) is 0 Å². The standard InChI is InChI=1S/C30H32N4O3/c1-19-9-11-31-27(15-19)32-17-24-10-12-34(18-24)25-7-5-23(6-8-25)16-26(30(36)37)33-29(35)28-21(3)13-20(2)14-22(28)4/h5-15,18,26H,16-17H2,1-4H3,(H,31,32)(H,33,35)(H,36,37). The first-order valence-corrected chi connectivity index (χ1v) is 12.2. The number of carbonyl (C=O) groups is 2. The summed E-state index contributed by atoms with van der Waals surface area (Å²) in [6.07, 6.45) is 6.01. The van der Waals surface area contributed by atoms with E-state index in [1.165, 1.54) is 0 Å². The molecule has 0 fully saturated rings. The third-order valence-electron chi connectivity index (χ3n) is 6.33. The summed E-state index contributed by atoms with van der Waals surface area (Å²) in [5.74, 6) is -0.594. The lowest BCUT2D eigenvalue weighted by molar-refractivity contribution is -0.139. The molecule has 37 heavy (non-hydrogen) atoms. The molecule has 2 heterocycles. The number of hydrogen-bond acceptors (Lipinski definition) is 4. The van der Waals surface area contributed by atoms with Crippen LogP contribution >= 0.6 is 0 Å². The Morgan fingerprint density at radius 1 is 0.919 bits per heavy atom. The number of rotatable bonds is 9. The smallest absolute Gasteiger partial charge is 0.326 e. The first-order valence-electron chi connectivity index (χ1n) is 12.2. The highest BCUT2D eigenvalue weighted by molar-refractivity contribution is 5.99. The van der Waals surface area contributed by atoms with E-state index >= 15 is 0 Å². The summed E-state index contributed by atoms with van der Waals surface area (Å²) in [7, 11) is 0. The van der Waals surface area contributed by atoms with Crippen molar-refractivity contribution < 1.29 is 14.7 Å². The van der Waals surface area contributed by atoms with Gasteiger partial charge in [0.2, 0.25) is 0 Å². The van der Waals surface area contributed by atoms with Crippen molar-refractivity contribution in [3.05, 3.63) is 112 Å². The van der Waals surface area contributed by atoms with E-state index < -0.39 is 12.0 Å². The van der Waals surface area contributed by atoms with E-state index in [1.54, 1.807) is 6.20 Å². The largest absolute Gasteiger partial charge is 0.480 e. The number of carboxylic acids is 1. The van der Waals surface area contributed by atoms with Gasteiger partial charge in [-0.3, -0.25) is 4.79 Å². The Hall–Kier alpha value is -4.39. The molecule has 2 aromatic carbocycles. The number of carbonyl (C=O) groups excluding carboxylic acids is 1. The summed E-state index contributed by atoms with van der Waals surface area (Å²) < 4.78 is 2.02. The number of carboxylic acid groups (broad SMARTS) is 1. The van der Waals surface area contributed by atoms with Gasteiger partial charge < -0.3 is 20.3 Å². The van der Waals surface area contributed by atoms with E-state index in [1.807, 2.05) is 99.3 Å². The minimum atomic E-state index is -1.06. The lowest BCUT2D eigenvalue weighted by Gasteiger charge is -2.17. The molecule has 0 spiro atoms. The SMILES string of the molecule is Cc1ccnc(NCc2ccn(-c3ccc(CC(NC(=O)c4c(C)cc(C)cc4C)C(=O)O)cc3)c2)c1. The Kier molecular flexibility index (Phi) is 7.72. The summed E-state index contributed by atoms with van der Waals surface area (Å²) >= 11 is 0. The highest BCUT2D eigenvalue weighted by atomic mass is 16.4. The van der Waals surface area contributed by atoms with Gasteiger partial charge in [0.15, 0.2) is 0 Å². The molecule has 1 atom stereocenters. The van der Waals surface area contributed by atoms with E-state index in [4.69, 9.17) is 0 Å². The van der Waals surface area contributed by atoms with Crippen molar-refractivity contribution in [3.8, 4) is 5.69 Å². The highest BCUT2D eigenvalue weighted by Crippen LogP contribution is 2.18. The Morgan fingerprint density at radius 2 is 1.62 bits per heavy atom. The van der Waals surface area contributed by atoms with E-state index in [0.717, 1.165) is 44.9 Å². The molecule has 0 bridgehead atoms. The molecule has 4 rings (SSSR count). The Labute approximate surface area is 217 Å². The van der Waals surface area contributed by atoms with Crippen LogP contribution in [0.4, 0.5) is 5.82 Å². The molecule has 1 amide bonds. The third kappa shape index (κ3) is 6.44. The first-order chi connectivity index (χ1) is 17.7. The average molecular weight is 497 g/mol. The summed E-state index contributed by atoms with van der Waals surface area (Å²) in [6, 6.07) is 16.5. The fraction of sp³-hybridized carbons (Fsp3) is 0.233. The Balaban J connectivity index is 1.40. The zero-order chi connectivity index (χ0) is 26.5. The van der Waals surface area contributed by atoms with Crippen LogP contribution in [-0.4, -0.2) is 32.6 Å². The van der Waals surface area contributed by atoms with Crippen LogP contribution in [0.3, 0.4) is 0 Å². The number of aryl methyl sites for hydroxylation is 4. The molecule has 0 aliphatic carbocycles. The minimum absolute atomic E-state index is 0.190. The summed E-state index contributed by atoms with van der Waals surface area (Å²) in [6.45, 7) is 8.39. The van der Waals surface area contributed by atoms with Crippen molar-refractivity contribution in [2.45, 2.75) is 46.7 Å². The average Bonchev–Trinajstić information content (AvgIpc) is 3.31. The van der Waals surface area contributed by atoms with Gasteiger partial charge >= 0.3 is 5.97 Å². The molecule has 7 heteroatoms. The summed E-state index contributed by atoms with van der Waals surface area (Å²) in [5.41, 5.74) is 7.32. The van der Waals surface area contributed by atoms with Gasteiger partial charge in [0, 0.05) is 42.8 Å². The molecule has 0 saturated heterocycles. The molecule has 0 saturated carbocycles.